The lowest BCUT2D eigenvalue weighted by atomic mass is 9.66. The van der Waals surface area contributed by atoms with Crippen molar-refractivity contribution in [2.75, 3.05) is 26.3 Å². The average molecular weight is 217 g/mol. The van der Waals surface area contributed by atoms with Crippen molar-refractivity contribution in [2.24, 2.45) is 5.92 Å². The summed E-state index contributed by atoms with van der Waals surface area (Å²) in [5.74, 6) is 0.767. The van der Waals surface area contributed by atoms with E-state index in [1.165, 1.54) is 16.7 Å². The van der Waals surface area contributed by atoms with Crippen LogP contribution in [0.3, 0.4) is 0 Å². The van der Waals surface area contributed by atoms with E-state index in [4.69, 9.17) is 4.74 Å². The molecular weight excluding hydrogens is 198 g/mol. The van der Waals surface area contributed by atoms with E-state index in [1.54, 1.807) is 0 Å². The van der Waals surface area contributed by atoms with Crippen LogP contribution in [0.2, 0.25) is 0 Å². The maximum atomic E-state index is 5.49. The van der Waals surface area contributed by atoms with Crippen molar-refractivity contribution in [1.82, 2.24) is 5.32 Å². The van der Waals surface area contributed by atoms with Crippen molar-refractivity contribution >= 4 is 0 Å². The van der Waals surface area contributed by atoms with Gasteiger partial charge in [-0.3, -0.25) is 0 Å². The third-order valence-corrected chi connectivity index (χ3v) is 4.36. The smallest absolute Gasteiger partial charge is 0.0589 e. The van der Waals surface area contributed by atoms with Gasteiger partial charge in [0, 0.05) is 18.5 Å². The minimum Gasteiger partial charge on any atom is -0.379 e. The molecule has 0 radical (unpaired) electrons. The molecule has 0 unspecified atom stereocenters. The van der Waals surface area contributed by atoms with Crippen molar-refractivity contribution in [3.05, 3.63) is 34.9 Å². The zero-order valence-electron chi connectivity index (χ0n) is 10.0. The normalized spacial score (nSPS) is 23.6. The first-order valence-electron chi connectivity index (χ1n) is 6.08. The molecular formula is C14H19NO. The SMILES string of the molecule is Cc1ccc(C2(C3CNC3)COC2)cc1C. The van der Waals surface area contributed by atoms with Crippen LogP contribution < -0.4 is 5.32 Å². The monoisotopic (exact) mass is 217 g/mol. The van der Waals surface area contributed by atoms with Crippen LogP contribution in [0.25, 0.3) is 0 Å². The van der Waals surface area contributed by atoms with Crippen LogP contribution >= 0.6 is 0 Å². The molecule has 0 bridgehead atoms. The van der Waals surface area contributed by atoms with E-state index < -0.39 is 0 Å². The Morgan fingerprint density at radius 3 is 2.38 bits per heavy atom. The first-order chi connectivity index (χ1) is 7.72. The van der Waals surface area contributed by atoms with Gasteiger partial charge in [-0.05, 0) is 36.5 Å². The molecule has 2 heteroatoms. The van der Waals surface area contributed by atoms with Gasteiger partial charge in [0.15, 0.2) is 0 Å². The van der Waals surface area contributed by atoms with Gasteiger partial charge in [0.1, 0.15) is 0 Å². The predicted octanol–water partition coefficient (Wildman–Crippen LogP) is 1.79. The molecule has 2 nitrogen and oxygen atoms in total. The van der Waals surface area contributed by atoms with Gasteiger partial charge < -0.3 is 10.1 Å². The summed E-state index contributed by atoms with van der Waals surface area (Å²) in [7, 11) is 0. The topological polar surface area (TPSA) is 21.3 Å². The van der Waals surface area contributed by atoms with Crippen molar-refractivity contribution in [3.8, 4) is 0 Å². The standard InChI is InChI=1S/C14H19NO/c1-10-3-4-12(5-11(10)2)14(8-16-9-14)13-6-15-7-13/h3-5,13,15H,6-9H2,1-2H3. The molecule has 0 saturated carbocycles. The number of hydrogen-bond acceptors (Lipinski definition) is 2. The highest BCUT2D eigenvalue weighted by Crippen LogP contribution is 2.41. The maximum Gasteiger partial charge on any atom is 0.0589 e. The fourth-order valence-corrected chi connectivity index (χ4v) is 2.69. The third kappa shape index (κ3) is 1.33. The summed E-state index contributed by atoms with van der Waals surface area (Å²) in [6.07, 6.45) is 0. The molecule has 1 aromatic carbocycles. The van der Waals surface area contributed by atoms with Gasteiger partial charge in [0.25, 0.3) is 0 Å². The minimum absolute atomic E-state index is 0.309. The molecule has 0 atom stereocenters. The van der Waals surface area contributed by atoms with E-state index in [0.29, 0.717) is 5.41 Å². The van der Waals surface area contributed by atoms with Crippen LogP contribution in [0, 0.1) is 19.8 Å². The number of benzene rings is 1. The zero-order valence-corrected chi connectivity index (χ0v) is 10.0. The molecule has 1 N–H and O–H groups in total. The van der Waals surface area contributed by atoms with Crippen LogP contribution in [0.5, 0.6) is 0 Å². The van der Waals surface area contributed by atoms with E-state index in [-0.39, 0.29) is 0 Å². The Kier molecular flexibility index (Phi) is 2.30. The fourth-order valence-electron chi connectivity index (χ4n) is 2.69. The number of rotatable bonds is 2. The molecule has 86 valence electrons. The Morgan fingerprint density at radius 2 is 1.94 bits per heavy atom. The zero-order chi connectivity index (χ0) is 11.2. The Hall–Kier alpha value is -0.860. The second-order valence-corrected chi connectivity index (χ2v) is 5.30. The fraction of sp³-hybridized carbons (Fsp3) is 0.571. The van der Waals surface area contributed by atoms with Gasteiger partial charge in [0.05, 0.1) is 13.2 Å². The van der Waals surface area contributed by atoms with Gasteiger partial charge in [-0.25, -0.2) is 0 Å². The molecule has 3 rings (SSSR count). The van der Waals surface area contributed by atoms with Crippen LogP contribution in [-0.4, -0.2) is 26.3 Å². The highest BCUT2D eigenvalue weighted by molar-refractivity contribution is 5.37. The predicted molar refractivity (Wildman–Crippen MR) is 64.8 cm³/mol. The summed E-state index contributed by atoms with van der Waals surface area (Å²) in [4.78, 5) is 0. The van der Waals surface area contributed by atoms with E-state index in [2.05, 4.69) is 37.4 Å². The van der Waals surface area contributed by atoms with Crippen LogP contribution in [0.1, 0.15) is 16.7 Å². The van der Waals surface area contributed by atoms with Gasteiger partial charge in [-0.1, -0.05) is 18.2 Å². The molecule has 2 heterocycles. The largest absolute Gasteiger partial charge is 0.379 e. The van der Waals surface area contributed by atoms with Crippen LogP contribution in [0.15, 0.2) is 18.2 Å². The molecule has 0 aromatic heterocycles. The first kappa shape index (κ1) is 10.3. The lowest BCUT2D eigenvalue weighted by molar-refractivity contribution is -0.101. The summed E-state index contributed by atoms with van der Waals surface area (Å²) in [6.45, 7) is 8.48. The first-order valence-corrected chi connectivity index (χ1v) is 6.08. The molecule has 0 amide bonds. The molecule has 1 aromatic rings. The van der Waals surface area contributed by atoms with Gasteiger partial charge >= 0.3 is 0 Å². The van der Waals surface area contributed by atoms with E-state index in [9.17, 15) is 0 Å². The summed E-state index contributed by atoms with van der Waals surface area (Å²) >= 11 is 0. The molecule has 0 spiro atoms. The summed E-state index contributed by atoms with van der Waals surface area (Å²) in [6, 6.07) is 6.90. The molecule has 2 aliphatic rings. The molecule has 0 aliphatic carbocycles. The minimum atomic E-state index is 0.309. The van der Waals surface area contributed by atoms with Crippen LogP contribution in [-0.2, 0) is 10.2 Å². The summed E-state index contributed by atoms with van der Waals surface area (Å²) in [5, 5.41) is 3.38. The number of aryl methyl sites for hydroxylation is 2. The Bertz CT molecular complexity index is 405. The van der Waals surface area contributed by atoms with Crippen molar-refractivity contribution < 1.29 is 4.74 Å². The highest BCUT2D eigenvalue weighted by atomic mass is 16.5. The second kappa shape index (κ2) is 3.57. The van der Waals surface area contributed by atoms with E-state index in [1.807, 2.05) is 0 Å². The van der Waals surface area contributed by atoms with Gasteiger partial charge in [-0.2, -0.15) is 0 Å². The maximum absolute atomic E-state index is 5.49. The lowest BCUT2D eigenvalue weighted by Crippen LogP contribution is -2.62. The summed E-state index contributed by atoms with van der Waals surface area (Å²) in [5.41, 5.74) is 4.57. The lowest BCUT2D eigenvalue weighted by Gasteiger charge is -2.51. The number of hydrogen-bond donors (Lipinski definition) is 1. The van der Waals surface area contributed by atoms with Crippen LogP contribution in [0.4, 0.5) is 0 Å². The van der Waals surface area contributed by atoms with Crippen molar-refractivity contribution in [3.63, 3.8) is 0 Å². The number of ether oxygens (including phenoxy) is 1. The Balaban J connectivity index is 1.96. The molecule has 2 saturated heterocycles. The van der Waals surface area contributed by atoms with Gasteiger partial charge in [0.2, 0.25) is 0 Å². The average Bonchev–Trinajstić information content (AvgIpc) is 2.13. The quantitative estimate of drug-likeness (QED) is 0.815. The Morgan fingerprint density at radius 1 is 1.19 bits per heavy atom. The highest BCUT2D eigenvalue weighted by Gasteiger charge is 2.49. The van der Waals surface area contributed by atoms with Gasteiger partial charge in [-0.15, -0.1) is 0 Å². The van der Waals surface area contributed by atoms with E-state index in [0.717, 1.165) is 32.2 Å². The second-order valence-electron chi connectivity index (χ2n) is 5.30. The number of nitrogens with one attached hydrogen (secondary N) is 1. The third-order valence-electron chi connectivity index (χ3n) is 4.36. The molecule has 2 fully saturated rings. The molecule has 2 aliphatic heterocycles. The molecule has 16 heavy (non-hydrogen) atoms. The Labute approximate surface area is 97.0 Å². The van der Waals surface area contributed by atoms with Crippen molar-refractivity contribution in [1.29, 1.82) is 0 Å². The van der Waals surface area contributed by atoms with E-state index >= 15 is 0 Å². The van der Waals surface area contributed by atoms with Crippen molar-refractivity contribution in [2.45, 2.75) is 19.3 Å². The summed E-state index contributed by atoms with van der Waals surface area (Å²) < 4.78 is 5.49.